The van der Waals surface area contributed by atoms with Gasteiger partial charge in [0.1, 0.15) is 13.2 Å². The van der Waals surface area contributed by atoms with E-state index in [2.05, 4.69) is 24.0 Å². The van der Waals surface area contributed by atoms with Crippen molar-refractivity contribution in [3.8, 4) is 11.5 Å². The molecular weight excluding hydrogens is 238 g/mol. The van der Waals surface area contributed by atoms with E-state index in [9.17, 15) is 0 Å². The summed E-state index contributed by atoms with van der Waals surface area (Å²) in [6.07, 6.45) is 3.80. The zero-order valence-corrected chi connectivity index (χ0v) is 11.7. The van der Waals surface area contributed by atoms with Crippen LogP contribution >= 0.6 is 0 Å². The standard InChI is InChI=1S/C16H23NO2/c1-13-4-7-17(8-5-13)9-6-14-2-3-15-16(12-14)19-11-10-18-15/h2-3,12-13H,4-11H2,1H3. The number of piperidine rings is 1. The van der Waals surface area contributed by atoms with E-state index in [1.807, 2.05) is 6.07 Å². The normalized spacial score (nSPS) is 20.5. The second kappa shape index (κ2) is 5.83. The lowest BCUT2D eigenvalue weighted by Gasteiger charge is -2.30. The molecule has 0 N–H and O–H groups in total. The fourth-order valence-corrected chi connectivity index (χ4v) is 2.82. The molecule has 0 saturated carbocycles. The van der Waals surface area contributed by atoms with E-state index in [0.29, 0.717) is 13.2 Å². The Hall–Kier alpha value is -1.22. The second-order valence-electron chi connectivity index (χ2n) is 5.75. The van der Waals surface area contributed by atoms with Gasteiger partial charge in [-0.1, -0.05) is 13.0 Å². The Labute approximate surface area is 115 Å². The molecule has 3 heteroatoms. The van der Waals surface area contributed by atoms with E-state index in [0.717, 1.165) is 30.4 Å². The predicted octanol–water partition coefficient (Wildman–Crippen LogP) is 2.73. The lowest BCUT2D eigenvalue weighted by atomic mass is 9.99. The van der Waals surface area contributed by atoms with Crippen LogP contribution in [0.15, 0.2) is 18.2 Å². The van der Waals surface area contributed by atoms with Crippen LogP contribution in [0, 0.1) is 5.92 Å². The Morgan fingerprint density at radius 2 is 1.84 bits per heavy atom. The van der Waals surface area contributed by atoms with Crippen LogP contribution in [0.5, 0.6) is 11.5 Å². The molecule has 0 bridgehead atoms. The lowest BCUT2D eigenvalue weighted by molar-refractivity contribution is 0.171. The molecule has 2 aliphatic rings. The van der Waals surface area contributed by atoms with Gasteiger partial charge in [-0.25, -0.2) is 0 Å². The summed E-state index contributed by atoms with van der Waals surface area (Å²) < 4.78 is 11.2. The summed E-state index contributed by atoms with van der Waals surface area (Å²) >= 11 is 0. The molecule has 1 fully saturated rings. The third-order valence-corrected chi connectivity index (χ3v) is 4.20. The maximum Gasteiger partial charge on any atom is 0.161 e. The highest BCUT2D eigenvalue weighted by molar-refractivity contribution is 5.43. The van der Waals surface area contributed by atoms with E-state index >= 15 is 0 Å². The van der Waals surface area contributed by atoms with Crippen molar-refractivity contribution in [1.29, 1.82) is 0 Å². The molecule has 3 nitrogen and oxygen atoms in total. The molecule has 0 atom stereocenters. The summed E-state index contributed by atoms with van der Waals surface area (Å²) in [7, 11) is 0. The van der Waals surface area contributed by atoms with Crippen molar-refractivity contribution >= 4 is 0 Å². The second-order valence-corrected chi connectivity index (χ2v) is 5.75. The van der Waals surface area contributed by atoms with Gasteiger partial charge in [0.25, 0.3) is 0 Å². The SMILES string of the molecule is CC1CCN(CCc2ccc3c(c2)OCCO3)CC1. The van der Waals surface area contributed by atoms with Crippen molar-refractivity contribution in [2.24, 2.45) is 5.92 Å². The van der Waals surface area contributed by atoms with Crippen molar-refractivity contribution in [2.75, 3.05) is 32.8 Å². The zero-order chi connectivity index (χ0) is 13.1. The largest absolute Gasteiger partial charge is 0.486 e. The van der Waals surface area contributed by atoms with Crippen LogP contribution in [0.25, 0.3) is 0 Å². The smallest absolute Gasteiger partial charge is 0.161 e. The molecule has 0 radical (unpaired) electrons. The van der Waals surface area contributed by atoms with Crippen LogP contribution in [0.3, 0.4) is 0 Å². The highest BCUT2D eigenvalue weighted by Gasteiger charge is 2.16. The van der Waals surface area contributed by atoms with E-state index < -0.39 is 0 Å². The van der Waals surface area contributed by atoms with Crippen molar-refractivity contribution in [2.45, 2.75) is 26.2 Å². The average molecular weight is 261 g/mol. The molecule has 0 spiro atoms. The van der Waals surface area contributed by atoms with Crippen LogP contribution in [-0.2, 0) is 6.42 Å². The minimum atomic E-state index is 0.665. The van der Waals surface area contributed by atoms with E-state index in [4.69, 9.17) is 9.47 Å². The molecule has 0 amide bonds. The highest BCUT2D eigenvalue weighted by Crippen LogP contribution is 2.31. The van der Waals surface area contributed by atoms with Crippen LogP contribution < -0.4 is 9.47 Å². The van der Waals surface area contributed by atoms with Gasteiger partial charge in [0.05, 0.1) is 0 Å². The summed E-state index contributed by atoms with van der Waals surface area (Å²) in [5, 5.41) is 0. The summed E-state index contributed by atoms with van der Waals surface area (Å²) in [5.74, 6) is 2.71. The molecule has 19 heavy (non-hydrogen) atoms. The van der Waals surface area contributed by atoms with E-state index in [-0.39, 0.29) is 0 Å². The molecule has 2 aliphatic heterocycles. The Kier molecular flexibility index (Phi) is 3.92. The number of hydrogen-bond acceptors (Lipinski definition) is 3. The molecule has 0 aliphatic carbocycles. The number of hydrogen-bond donors (Lipinski definition) is 0. The summed E-state index contributed by atoms with van der Waals surface area (Å²) in [5.41, 5.74) is 1.35. The maximum absolute atomic E-state index is 5.63. The number of likely N-dealkylation sites (tertiary alicyclic amines) is 1. The topological polar surface area (TPSA) is 21.7 Å². The maximum atomic E-state index is 5.63. The van der Waals surface area contributed by atoms with Crippen LogP contribution in [0.4, 0.5) is 0 Å². The van der Waals surface area contributed by atoms with Gasteiger partial charge in [0.2, 0.25) is 0 Å². The van der Waals surface area contributed by atoms with Gasteiger partial charge in [-0.2, -0.15) is 0 Å². The summed E-state index contributed by atoms with van der Waals surface area (Å²) in [4.78, 5) is 2.58. The van der Waals surface area contributed by atoms with Crippen molar-refractivity contribution in [1.82, 2.24) is 4.90 Å². The minimum absolute atomic E-state index is 0.665. The molecule has 3 rings (SSSR count). The first kappa shape index (κ1) is 12.8. The van der Waals surface area contributed by atoms with Gasteiger partial charge in [-0.3, -0.25) is 0 Å². The van der Waals surface area contributed by atoms with Crippen LogP contribution in [-0.4, -0.2) is 37.7 Å². The highest BCUT2D eigenvalue weighted by atomic mass is 16.6. The molecule has 104 valence electrons. The van der Waals surface area contributed by atoms with Gasteiger partial charge >= 0.3 is 0 Å². The van der Waals surface area contributed by atoms with E-state index in [1.165, 1.54) is 31.5 Å². The van der Waals surface area contributed by atoms with Gasteiger partial charge in [0, 0.05) is 6.54 Å². The molecule has 1 saturated heterocycles. The quantitative estimate of drug-likeness (QED) is 0.835. The molecular formula is C16H23NO2. The number of benzene rings is 1. The third kappa shape index (κ3) is 3.21. The number of ether oxygens (including phenoxy) is 2. The first-order valence-electron chi connectivity index (χ1n) is 7.42. The van der Waals surface area contributed by atoms with Gasteiger partial charge in [-0.15, -0.1) is 0 Å². The van der Waals surface area contributed by atoms with Crippen molar-refractivity contribution < 1.29 is 9.47 Å². The van der Waals surface area contributed by atoms with E-state index in [1.54, 1.807) is 0 Å². The molecule has 1 aromatic carbocycles. The Balaban J connectivity index is 1.55. The number of nitrogens with zero attached hydrogens (tertiary/aromatic N) is 1. The number of rotatable bonds is 3. The Bertz CT molecular complexity index is 425. The summed E-state index contributed by atoms with van der Waals surface area (Å²) in [6.45, 7) is 7.36. The predicted molar refractivity (Wildman–Crippen MR) is 76.0 cm³/mol. The molecule has 1 aromatic rings. The van der Waals surface area contributed by atoms with Gasteiger partial charge in [0.15, 0.2) is 11.5 Å². The Morgan fingerprint density at radius 3 is 2.63 bits per heavy atom. The Morgan fingerprint density at radius 1 is 1.11 bits per heavy atom. The van der Waals surface area contributed by atoms with Gasteiger partial charge < -0.3 is 14.4 Å². The van der Waals surface area contributed by atoms with Crippen LogP contribution in [0.1, 0.15) is 25.3 Å². The molecule has 0 aromatic heterocycles. The fourth-order valence-electron chi connectivity index (χ4n) is 2.82. The monoisotopic (exact) mass is 261 g/mol. The molecule has 0 unspecified atom stereocenters. The average Bonchev–Trinajstić information content (AvgIpc) is 2.46. The minimum Gasteiger partial charge on any atom is -0.486 e. The lowest BCUT2D eigenvalue weighted by Crippen LogP contribution is -2.34. The summed E-state index contributed by atoms with van der Waals surface area (Å²) in [6, 6.07) is 6.35. The van der Waals surface area contributed by atoms with Gasteiger partial charge in [-0.05, 0) is 56.0 Å². The third-order valence-electron chi connectivity index (χ3n) is 4.20. The fraction of sp³-hybridized carbons (Fsp3) is 0.625. The molecule has 2 heterocycles. The first-order valence-corrected chi connectivity index (χ1v) is 7.42. The first-order chi connectivity index (χ1) is 9.31. The van der Waals surface area contributed by atoms with Crippen molar-refractivity contribution in [3.63, 3.8) is 0 Å². The van der Waals surface area contributed by atoms with Crippen LogP contribution in [0.2, 0.25) is 0 Å². The number of fused-ring (bicyclic) bond motifs is 1. The zero-order valence-electron chi connectivity index (χ0n) is 11.7. The van der Waals surface area contributed by atoms with Crippen molar-refractivity contribution in [3.05, 3.63) is 23.8 Å².